The molecule has 0 aliphatic rings. The zero-order chi connectivity index (χ0) is 16.4. The van der Waals surface area contributed by atoms with Crippen molar-refractivity contribution in [2.45, 2.75) is 25.9 Å². The minimum absolute atomic E-state index is 0.201. The SMILES string of the molecule is C=CCNC(=O)C(C)OC(=O)CCCOc1cccc(Br)c1. The highest BCUT2D eigenvalue weighted by atomic mass is 79.9. The van der Waals surface area contributed by atoms with Gasteiger partial charge < -0.3 is 14.8 Å². The third-order valence-corrected chi connectivity index (χ3v) is 3.18. The molecule has 1 aromatic rings. The van der Waals surface area contributed by atoms with Crippen molar-refractivity contribution in [1.82, 2.24) is 5.32 Å². The standard InChI is InChI=1S/C16H20BrNO4/c1-3-9-18-16(20)12(2)22-15(19)8-5-10-21-14-7-4-6-13(17)11-14/h3-4,6-7,11-12H,1,5,8-10H2,2H3,(H,18,20). The van der Waals surface area contributed by atoms with Crippen LogP contribution in [0.2, 0.25) is 0 Å². The van der Waals surface area contributed by atoms with Gasteiger partial charge >= 0.3 is 5.97 Å². The van der Waals surface area contributed by atoms with E-state index < -0.39 is 12.1 Å². The lowest BCUT2D eigenvalue weighted by Crippen LogP contribution is -2.35. The molecule has 0 aliphatic carbocycles. The summed E-state index contributed by atoms with van der Waals surface area (Å²) in [5, 5.41) is 2.57. The number of rotatable bonds is 9. The highest BCUT2D eigenvalue weighted by Crippen LogP contribution is 2.17. The van der Waals surface area contributed by atoms with Crippen molar-refractivity contribution in [3.05, 3.63) is 41.4 Å². The van der Waals surface area contributed by atoms with Crippen molar-refractivity contribution < 1.29 is 19.1 Å². The largest absolute Gasteiger partial charge is 0.494 e. The number of benzene rings is 1. The van der Waals surface area contributed by atoms with E-state index in [4.69, 9.17) is 9.47 Å². The van der Waals surface area contributed by atoms with Crippen LogP contribution in [0.1, 0.15) is 19.8 Å². The molecule has 0 saturated heterocycles. The number of hydrogen-bond acceptors (Lipinski definition) is 4. The molecule has 1 rings (SSSR count). The van der Waals surface area contributed by atoms with Crippen LogP contribution in [-0.2, 0) is 14.3 Å². The fourth-order valence-electron chi connectivity index (χ4n) is 1.59. The predicted octanol–water partition coefficient (Wildman–Crippen LogP) is 2.84. The first-order valence-electron chi connectivity index (χ1n) is 6.99. The van der Waals surface area contributed by atoms with E-state index in [1.54, 1.807) is 6.08 Å². The molecule has 0 radical (unpaired) electrons. The number of nitrogens with one attached hydrogen (secondary N) is 1. The fraction of sp³-hybridized carbons (Fsp3) is 0.375. The van der Waals surface area contributed by atoms with Crippen LogP contribution in [0.25, 0.3) is 0 Å². The number of amides is 1. The number of carbonyl (C=O) groups is 2. The van der Waals surface area contributed by atoms with E-state index in [1.165, 1.54) is 6.92 Å². The Balaban J connectivity index is 2.20. The fourth-order valence-corrected chi connectivity index (χ4v) is 1.97. The molecule has 0 fully saturated rings. The molecule has 0 saturated carbocycles. The Morgan fingerprint density at radius 2 is 2.23 bits per heavy atom. The lowest BCUT2D eigenvalue weighted by molar-refractivity contribution is -0.154. The van der Waals surface area contributed by atoms with Crippen LogP contribution in [0, 0.1) is 0 Å². The van der Waals surface area contributed by atoms with Crippen LogP contribution < -0.4 is 10.1 Å². The van der Waals surface area contributed by atoms with Gasteiger partial charge in [0.05, 0.1) is 6.61 Å². The summed E-state index contributed by atoms with van der Waals surface area (Å²) in [6.45, 7) is 5.78. The Morgan fingerprint density at radius 3 is 2.91 bits per heavy atom. The van der Waals surface area contributed by atoms with E-state index in [2.05, 4.69) is 27.8 Å². The third kappa shape index (κ3) is 7.26. The van der Waals surface area contributed by atoms with Gasteiger partial charge in [0.25, 0.3) is 5.91 Å². The summed E-state index contributed by atoms with van der Waals surface area (Å²) < 4.78 is 11.5. The lowest BCUT2D eigenvalue weighted by atomic mass is 10.3. The molecule has 22 heavy (non-hydrogen) atoms. The molecule has 1 N–H and O–H groups in total. The van der Waals surface area contributed by atoms with E-state index in [1.807, 2.05) is 24.3 Å². The van der Waals surface area contributed by atoms with E-state index in [9.17, 15) is 9.59 Å². The molecule has 1 atom stereocenters. The molecule has 120 valence electrons. The summed E-state index contributed by atoms with van der Waals surface area (Å²) in [5.41, 5.74) is 0. The van der Waals surface area contributed by atoms with Gasteiger partial charge in [-0.05, 0) is 31.5 Å². The van der Waals surface area contributed by atoms with Crippen molar-refractivity contribution in [2.75, 3.05) is 13.2 Å². The molecule has 6 heteroatoms. The second-order valence-electron chi connectivity index (χ2n) is 4.58. The lowest BCUT2D eigenvalue weighted by Gasteiger charge is -2.12. The van der Waals surface area contributed by atoms with E-state index in [0.717, 1.165) is 10.2 Å². The van der Waals surface area contributed by atoms with Crippen LogP contribution in [0.15, 0.2) is 41.4 Å². The molecule has 1 amide bonds. The molecule has 1 aromatic carbocycles. The van der Waals surface area contributed by atoms with Gasteiger partial charge in [-0.1, -0.05) is 28.1 Å². The van der Waals surface area contributed by atoms with Crippen molar-refractivity contribution in [3.63, 3.8) is 0 Å². The van der Waals surface area contributed by atoms with Crippen molar-refractivity contribution >= 4 is 27.8 Å². The molecular weight excluding hydrogens is 350 g/mol. The molecule has 0 aromatic heterocycles. The molecule has 0 aliphatic heterocycles. The predicted molar refractivity (Wildman–Crippen MR) is 87.6 cm³/mol. The number of ether oxygens (including phenoxy) is 2. The normalized spacial score (nSPS) is 11.4. The third-order valence-electron chi connectivity index (χ3n) is 2.69. The monoisotopic (exact) mass is 369 g/mol. The average molecular weight is 370 g/mol. The quantitative estimate of drug-likeness (QED) is 0.413. The topological polar surface area (TPSA) is 64.6 Å². The first-order chi connectivity index (χ1) is 10.5. The molecule has 5 nitrogen and oxygen atoms in total. The first-order valence-corrected chi connectivity index (χ1v) is 7.78. The van der Waals surface area contributed by atoms with E-state index in [-0.39, 0.29) is 12.3 Å². The Bertz CT molecular complexity index is 519. The maximum atomic E-state index is 11.6. The number of esters is 1. The highest BCUT2D eigenvalue weighted by molar-refractivity contribution is 9.10. The smallest absolute Gasteiger partial charge is 0.306 e. The zero-order valence-corrected chi connectivity index (χ0v) is 14.1. The van der Waals surface area contributed by atoms with Gasteiger partial charge in [0.15, 0.2) is 6.10 Å². The molecule has 0 spiro atoms. The second-order valence-corrected chi connectivity index (χ2v) is 5.49. The number of halogens is 1. The Hall–Kier alpha value is -1.82. The Kier molecular flexibility index (Phi) is 8.28. The first kappa shape index (κ1) is 18.2. The van der Waals surface area contributed by atoms with Crippen molar-refractivity contribution in [3.8, 4) is 5.75 Å². The Morgan fingerprint density at radius 1 is 1.45 bits per heavy atom. The van der Waals surface area contributed by atoms with Gasteiger partial charge in [-0.25, -0.2) is 0 Å². The van der Waals surface area contributed by atoms with Gasteiger partial charge in [0, 0.05) is 17.4 Å². The molecule has 0 bridgehead atoms. The van der Waals surface area contributed by atoms with Crippen LogP contribution in [0.5, 0.6) is 5.75 Å². The van der Waals surface area contributed by atoms with E-state index >= 15 is 0 Å². The van der Waals surface area contributed by atoms with Gasteiger partial charge in [0.1, 0.15) is 5.75 Å². The van der Waals surface area contributed by atoms with Crippen LogP contribution in [0.4, 0.5) is 0 Å². The van der Waals surface area contributed by atoms with Crippen molar-refractivity contribution in [2.24, 2.45) is 0 Å². The maximum Gasteiger partial charge on any atom is 0.306 e. The minimum Gasteiger partial charge on any atom is -0.494 e. The second kappa shape index (κ2) is 10.00. The van der Waals surface area contributed by atoms with Gasteiger partial charge in [0.2, 0.25) is 0 Å². The molecule has 0 heterocycles. The van der Waals surface area contributed by atoms with Crippen LogP contribution in [0.3, 0.4) is 0 Å². The van der Waals surface area contributed by atoms with Crippen molar-refractivity contribution in [1.29, 1.82) is 0 Å². The summed E-state index contributed by atoms with van der Waals surface area (Å²) >= 11 is 3.35. The highest BCUT2D eigenvalue weighted by Gasteiger charge is 2.16. The average Bonchev–Trinajstić information content (AvgIpc) is 2.49. The zero-order valence-electron chi connectivity index (χ0n) is 12.5. The van der Waals surface area contributed by atoms with Gasteiger partial charge in [-0.2, -0.15) is 0 Å². The Labute approximate surface area is 138 Å². The summed E-state index contributed by atoms with van der Waals surface area (Å²) in [5.74, 6) is -0.0161. The molecular formula is C16H20BrNO4. The van der Waals surface area contributed by atoms with E-state index in [0.29, 0.717) is 19.6 Å². The molecule has 1 unspecified atom stereocenters. The maximum absolute atomic E-state index is 11.6. The number of carbonyl (C=O) groups excluding carboxylic acids is 2. The summed E-state index contributed by atoms with van der Waals surface area (Å²) in [7, 11) is 0. The van der Waals surface area contributed by atoms with Gasteiger partial charge in [-0.15, -0.1) is 6.58 Å². The summed E-state index contributed by atoms with van der Waals surface area (Å²) in [6, 6.07) is 7.47. The summed E-state index contributed by atoms with van der Waals surface area (Å²) in [4.78, 5) is 23.1. The van der Waals surface area contributed by atoms with Crippen LogP contribution >= 0.6 is 15.9 Å². The van der Waals surface area contributed by atoms with Gasteiger partial charge in [-0.3, -0.25) is 9.59 Å². The van der Waals surface area contributed by atoms with Crippen LogP contribution in [-0.4, -0.2) is 31.1 Å². The summed E-state index contributed by atoms with van der Waals surface area (Å²) in [6.07, 6.45) is 1.48. The minimum atomic E-state index is -0.807. The number of hydrogen-bond donors (Lipinski definition) is 1.